The number of nitrogens with one attached hydrogen (secondary N) is 1. The largest absolute Gasteiger partial charge is 0.457 e. The third kappa shape index (κ3) is 3.71. The lowest BCUT2D eigenvalue weighted by Gasteiger charge is -2.54. The zero-order valence-corrected chi connectivity index (χ0v) is 24.7. The van der Waals surface area contributed by atoms with Crippen molar-refractivity contribution in [3.8, 4) is 11.5 Å². The Balaban J connectivity index is 1.02. The summed E-state index contributed by atoms with van der Waals surface area (Å²) in [6.45, 7) is -0.452. The number of likely N-dealkylation sites (tertiary alicyclic amines) is 1. The molecule has 3 aliphatic carbocycles. The molecule has 1 aliphatic heterocycles. The zero-order chi connectivity index (χ0) is 30.2. The Labute approximate surface area is 263 Å². The summed E-state index contributed by atoms with van der Waals surface area (Å²) in [7, 11) is 0. The summed E-state index contributed by atoms with van der Waals surface area (Å²) in [6, 6.07) is 35.7. The van der Waals surface area contributed by atoms with Gasteiger partial charge in [0.2, 0.25) is 17.7 Å². The van der Waals surface area contributed by atoms with Crippen molar-refractivity contribution < 1.29 is 19.1 Å². The second kappa shape index (κ2) is 9.68. The number of amides is 3. The van der Waals surface area contributed by atoms with Gasteiger partial charge in [-0.05, 0) is 69.4 Å². The quantitative estimate of drug-likeness (QED) is 0.167. The number of nitrogens with zero attached hydrogens (tertiary/aromatic N) is 1. The number of ether oxygens (including phenoxy) is 1. The zero-order valence-electron chi connectivity index (χ0n) is 23.2. The van der Waals surface area contributed by atoms with Crippen molar-refractivity contribution in [2.75, 3.05) is 11.9 Å². The molecule has 1 fully saturated rings. The normalized spacial score (nSPS) is 24.5. The van der Waals surface area contributed by atoms with Gasteiger partial charge in [0.05, 0.1) is 11.8 Å². The number of imide groups is 1. The van der Waals surface area contributed by atoms with Crippen LogP contribution in [0.5, 0.6) is 11.5 Å². The Morgan fingerprint density at radius 1 is 0.659 bits per heavy atom. The van der Waals surface area contributed by atoms with Gasteiger partial charge in [-0.1, -0.05) is 78.9 Å². The van der Waals surface area contributed by atoms with E-state index in [2.05, 4.69) is 5.32 Å². The summed E-state index contributed by atoms with van der Waals surface area (Å²) in [5.74, 6) is -2.11. The standard InChI is InChI=1S/C36H24Cl2N2O4/c37-35-26-9-3-4-10-27(26)36(38,29-12-6-5-11-28(29)35)32-31(35)33(42)40(34(32)43)20-30(41)39-23-14-17-24(18-15-23)44-25-16-13-21-7-1-2-8-22(21)19-25/h1-19,31-32H,20H2,(H,39,41)/t31-,32+,35?,36?. The van der Waals surface area contributed by atoms with Crippen LogP contribution in [-0.4, -0.2) is 29.2 Å². The van der Waals surface area contributed by atoms with E-state index in [0.717, 1.165) is 37.9 Å². The van der Waals surface area contributed by atoms with Gasteiger partial charge < -0.3 is 10.1 Å². The molecule has 4 aliphatic rings. The van der Waals surface area contributed by atoms with Crippen molar-refractivity contribution in [3.05, 3.63) is 138 Å². The number of benzene rings is 5. The number of anilines is 1. The average Bonchev–Trinajstić information content (AvgIpc) is 3.30. The van der Waals surface area contributed by atoms with Gasteiger partial charge in [-0.3, -0.25) is 19.3 Å². The van der Waals surface area contributed by atoms with Gasteiger partial charge in [-0.15, -0.1) is 23.2 Å². The van der Waals surface area contributed by atoms with Gasteiger partial charge in [-0.25, -0.2) is 0 Å². The summed E-state index contributed by atoms with van der Waals surface area (Å²) in [4.78, 5) is 39.5. The minimum Gasteiger partial charge on any atom is -0.457 e. The van der Waals surface area contributed by atoms with Gasteiger partial charge in [-0.2, -0.15) is 0 Å². The van der Waals surface area contributed by atoms with E-state index < -0.39 is 45.9 Å². The minimum absolute atomic E-state index is 0.452. The van der Waals surface area contributed by atoms with Crippen molar-refractivity contribution in [2.45, 2.75) is 9.75 Å². The number of fused-ring (bicyclic) bond motifs is 1. The van der Waals surface area contributed by atoms with Crippen LogP contribution >= 0.6 is 23.2 Å². The lowest BCUT2D eigenvalue weighted by atomic mass is 9.54. The van der Waals surface area contributed by atoms with Gasteiger partial charge in [0, 0.05) is 5.69 Å². The van der Waals surface area contributed by atoms with E-state index in [1.165, 1.54) is 0 Å². The van der Waals surface area contributed by atoms with Crippen LogP contribution < -0.4 is 10.1 Å². The lowest BCUT2D eigenvalue weighted by molar-refractivity contribution is -0.142. The topological polar surface area (TPSA) is 75.7 Å². The third-order valence-electron chi connectivity index (χ3n) is 9.07. The van der Waals surface area contributed by atoms with Crippen LogP contribution in [0.2, 0.25) is 0 Å². The molecule has 0 spiro atoms. The molecule has 5 aromatic rings. The highest BCUT2D eigenvalue weighted by molar-refractivity contribution is 6.36. The van der Waals surface area contributed by atoms with Crippen LogP contribution in [-0.2, 0) is 24.1 Å². The van der Waals surface area contributed by atoms with Crippen molar-refractivity contribution in [2.24, 2.45) is 11.8 Å². The summed E-state index contributed by atoms with van der Waals surface area (Å²) >= 11 is 14.9. The number of hydrogen-bond acceptors (Lipinski definition) is 4. The van der Waals surface area contributed by atoms with Crippen LogP contribution in [0.1, 0.15) is 22.3 Å². The first kappa shape index (κ1) is 26.9. The van der Waals surface area contributed by atoms with Gasteiger partial charge >= 0.3 is 0 Å². The van der Waals surface area contributed by atoms with Crippen LogP contribution in [0.25, 0.3) is 10.8 Å². The first-order valence-electron chi connectivity index (χ1n) is 14.3. The Hall–Kier alpha value is -4.65. The lowest BCUT2D eigenvalue weighted by Crippen LogP contribution is -2.57. The van der Waals surface area contributed by atoms with Crippen LogP contribution in [0.4, 0.5) is 5.69 Å². The average molecular weight is 620 g/mol. The minimum atomic E-state index is -1.28. The van der Waals surface area contributed by atoms with Crippen LogP contribution in [0.15, 0.2) is 115 Å². The molecule has 9 rings (SSSR count). The first-order chi connectivity index (χ1) is 21.3. The maximum absolute atomic E-state index is 14.0. The molecular weight excluding hydrogens is 595 g/mol. The van der Waals surface area contributed by atoms with Crippen molar-refractivity contribution >= 4 is 57.4 Å². The molecule has 0 aromatic heterocycles. The predicted octanol–water partition coefficient (Wildman–Crippen LogP) is 7.16. The molecule has 0 unspecified atom stereocenters. The Morgan fingerprint density at radius 2 is 1.14 bits per heavy atom. The van der Waals surface area contributed by atoms with Gasteiger partial charge in [0.15, 0.2) is 0 Å². The van der Waals surface area contributed by atoms with Gasteiger partial charge in [0.1, 0.15) is 27.8 Å². The predicted molar refractivity (Wildman–Crippen MR) is 169 cm³/mol. The third-order valence-corrected chi connectivity index (χ3v) is 10.4. The van der Waals surface area contributed by atoms with E-state index in [0.29, 0.717) is 17.2 Å². The van der Waals surface area contributed by atoms with Crippen LogP contribution in [0, 0.1) is 11.8 Å². The highest BCUT2D eigenvalue weighted by atomic mass is 35.5. The molecule has 1 N–H and O–H groups in total. The molecule has 8 heteroatoms. The Bertz CT molecular complexity index is 1900. The van der Waals surface area contributed by atoms with Crippen molar-refractivity contribution in [3.63, 3.8) is 0 Å². The smallest absolute Gasteiger partial charge is 0.244 e. The molecule has 0 radical (unpaired) electrons. The molecule has 1 heterocycles. The summed E-state index contributed by atoms with van der Waals surface area (Å²) in [6.07, 6.45) is 0. The highest BCUT2D eigenvalue weighted by Gasteiger charge is 2.73. The van der Waals surface area contributed by atoms with Gasteiger partial charge in [0.25, 0.3) is 0 Å². The van der Waals surface area contributed by atoms with Crippen LogP contribution in [0.3, 0.4) is 0 Å². The molecule has 0 saturated carbocycles. The second-order valence-electron chi connectivity index (χ2n) is 11.4. The summed E-state index contributed by atoms with van der Waals surface area (Å²) in [5, 5.41) is 4.98. The number of carbonyl (C=O) groups excluding carboxylic acids is 3. The maximum Gasteiger partial charge on any atom is 0.244 e. The number of carbonyl (C=O) groups is 3. The summed E-state index contributed by atoms with van der Waals surface area (Å²) in [5.41, 5.74) is 3.37. The molecule has 3 amide bonds. The number of rotatable bonds is 5. The number of halogens is 2. The molecular formula is C36H24Cl2N2O4. The van der Waals surface area contributed by atoms with Crippen molar-refractivity contribution in [1.29, 1.82) is 0 Å². The number of alkyl halides is 2. The molecule has 6 nitrogen and oxygen atoms in total. The fourth-order valence-corrected chi connectivity index (χ4v) is 8.30. The first-order valence-corrected chi connectivity index (χ1v) is 15.1. The monoisotopic (exact) mass is 618 g/mol. The highest BCUT2D eigenvalue weighted by Crippen LogP contribution is 2.69. The number of hydrogen-bond donors (Lipinski definition) is 1. The van der Waals surface area contributed by atoms with Crippen molar-refractivity contribution in [1.82, 2.24) is 4.90 Å². The summed E-state index contributed by atoms with van der Waals surface area (Å²) < 4.78 is 6.00. The SMILES string of the molecule is O=C(CN1C(=O)[C@@H]2[C@H](C1=O)C1(Cl)c3ccccc3C2(Cl)c2ccccc21)Nc1ccc(Oc2ccc3ccccc3c2)cc1. The maximum atomic E-state index is 14.0. The van der Waals surface area contributed by atoms with E-state index in [4.69, 9.17) is 27.9 Å². The Morgan fingerprint density at radius 3 is 1.68 bits per heavy atom. The second-order valence-corrected chi connectivity index (χ2v) is 12.6. The fraction of sp³-hybridized carbons (Fsp3) is 0.139. The van der Waals surface area contributed by atoms with E-state index in [9.17, 15) is 14.4 Å². The Kier molecular flexibility index (Phi) is 5.93. The fourth-order valence-electron chi connectivity index (χ4n) is 7.20. The molecule has 5 aromatic carbocycles. The van der Waals surface area contributed by atoms with E-state index in [-0.39, 0.29) is 0 Å². The molecule has 1 saturated heterocycles. The molecule has 2 atom stereocenters. The molecule has 216 valence electrons. The molecule has 44 heavy (non-hydrogen) atoms. The van der Waals surface area contributed by atoms with E-state index >= 15 is 0 Å². The van der Waals surface area contributed by atoms with E-state index in [1.54, 1.807) is 24.3 Å². The molecule has 2 bridgehead atoms. The van der Waals surface area contributed by atoms with E-state index in [1.807, 2.05) is 91.0 Å².